The summed E-state index contributed by atoms with van der Waals surface area (Å²) in [6, 6.07) is 6.32. The number of pyridine rings is 1. The van der Waals surface area contributed by atoms with Crippen LogP contribution >= 0.6 is 0 Å². The van der Waals surface area contributed by atoms with Crippen molar-refractivity contribution in [3.8, 4) is 0 Å². The van der Waals surface area contributed by atoms with E-state index in [1.165, 1.54) is 12.8 Å². The van der Waals surface area contributed by atoms with E-state index in [1.807, 2.05) is 36.0 Å². The molecule has 1 N–H and O–H groups in total. The van der Waals surface area contributed by atoms with Crippen LogP contribution in [-0.4, -0.2) is 20.7 Å². The number of amides is 1. The Morgan fingerprint density at radius 1 is 1.32 bits per heavy atom. The second kappa shape index (κ2) is 6.73. The Labute approximate surface area is 130 Å². The fourth-order valence-corrected chi connectivity index (χ4v) is 2.96. The van der Waals surface area contributed by atoms with Crippen LogP contribution in [0.2, 0.25) is 0 Å². The van der Waals surface area contributed by atoms with Gasteiger partial charge in [-0.05, 0) is 37.8 Å². The lowest BCUT2D eigenvalue weighted by molar-refractivity contribution is -0.116. The van der Waals surface area contributed by atoms with E-state index in [4.69, 9.17) is 0 Å². The Bertz CT molecular complexity index is 626. The third-order valence-electron chi connectivity index (χ3n) is 4.22. The molecule has 0 radical (unpaired) electrons. The van der Waals surface area contributed by atoms with E-state index in [-0.39, 0.29) is 5.91 Å². The zero-order valence-corrected chi connectivity index (χ0v) is 13.0. The van der Waals surface area contributed by atoms with E-state index in [9.17, 15) is 4.79 Å². The van der Waals surface area contributed by atoms with Crippen molar-refractivity contribution in [2.45, 2.75) is 51.5 Å². The molecule has 0 unspecified atom stereocenters. The number of nitrogens with zero attached hydrogens (tertiary/aromatic N) is 3. The summed E-state index contributed by atoms with van der Waals surface area (Å²) in [6.45, 7) is 1.96. The SMILES string of the molecule is Cc1ccc(CCC(=O)Nc2ccnn2C2CCCC2)cn1. The standard InChI is InChI=1S/C17H22N4O/c1-13-6-7-14(12-18-13)8-9-17(22)20-16-10-11-19-21(16)15-4-2-3-5-15/h6-7,10-12,15H,2-5,8-9H2,1H3,(H,20,22). The van der Waals surface area contributed by atoms with Crippen molar-refractivity contribution in [1.29, 1.82) is 0 Å². The summed E-state index contributed by atoms with van der Waals surface area (Å²) in [5.41, 5.74) is 2.08. The van der Waals surface area contributed by atoms with Gasteiger partial charge in [0.1, 0.15) is 5.82 Å². The van der Waals surface area contributed by atoms with Crippen LogP contribution in [0.1, 0.15) is 49.4 Å². The van der Waals surface area contributed by atoms with Crippen LogP contribution in [-0.2, 0) is 11.2 Å². The number of aryl methyl sites for hydroxylation is 2. The first kappa shape index (κ1) is 14.8. The Kier molecular flexibility index (Phi) is 4.51. The molecule has 22 heavy (non-hydrogen) atoms. The van der Waals surface area contributed by atoms with Gasteiger partial charge in [-0.15, -0.1) is 0 Å². The smallest absolute Gasteiger partial charge is 0.225 e. The molecule has 1 aliphatic rings. The molecule has 5 nitrogen and oxygen atoms in total. The average molecular weight is 298 g/mol. The maximum Gasteiger partial charge on any atom is 0.225 e. The minimum absolute atomic E-state index is 0.0281. The van der Waals surface area contributed by atoms with Crippen molar-refractivity contribution in [3.63, 3.8) is 0 Å². The first-order valence-electron chi connectivity index (χ1n) is 7.97. The maximum atomic E-state index is 12.1. The van der Waals surface area contributed by atoms with Gasteiger partial charge in [0.15, 0.2) is 0 Å². The largest absolute Gasteiger partial charge is 0.311 e. The van der Waals surface area contributed by atoms with Crippen molar-refractivity contribution in [3.05, 3.63) is 41.9 Å². The van der Waals surface area contributed by atoms with E-state index in [0.717, 1.165) is 29.9 Å². The highest BCUT2D eigenvalue weighted by atomic mass is 16.1. The van der Waals surface area contributed by atoms with Gasteiger partial charge in [-0.3, -0.25) is 9.78 Å². The molecule has 0 atom stereocenters. The Balaban J connectivity index is 1.55. The molecule has 0 bridgehead atoms. The van der Waals surface area contributed by atoms with Crippen molar-refractivity contribution in [2.24, 2.45) is 0 Å². The van der Waals surface area contributed by atoms with Crippen molar-refractivity contribution in [2.75, 3.05) is 5.32 Å². The van der Waals surface area contributed by atoms with E-state index in [0.29, 0.717) is 18.9 Å². The number of carbonyl (C=O) groups is 1. The van der Waals surface area contributed by atoms with Gasteiger partial charge in [0.25, 0.3) is 0 Å². The first-order chi connectivity index (χ1) is 10.7. The van der Waals surface area contributed by atoms with E-state index in [1.54, 1.807) is 6.20 Å². The molecule has 1 saturated carbocycles. The fraction of sp³-hybridized carbons (Fsp3) is 0.471. The zero-order chi connectivity index (χ0) is 15.4. The van der Waals surface area contributed by atoms with Crippen molar-refractivity contribution in [1.82, 2.24) is 14.8 Å². The molecule has 5 heteroatoms. The molecule has 1 amide bonds. The Morgan fingerprint density at radius 3 is 2.86 bits per heavy atom. The number of anilines is 1. The van der Waals surface area contributed by atoms with Crippen LogP contribution in [0.25, 0.3) is 0 Å². The third-order valence-corrected chi connectivity index (χ3v) is 4.22. The molecule has 116 valence electrons. The molecule has 2 aromatic rings. The number of hydrogen-bond donors (Lipinski definition) is 1. The second-order valence-corrected chi connectivity index (χ2v) is 5.96. The molecule has 3 rings (SSSR count). The van der Waals surface area contributed by atoms with Gasteiger partial charge in [0, 0.05) is 24.4 Å². The normalized spacial score (nSPS) is 15.1. The summed E-state index contributed by atoms with van der Waals surface area (Å²) < 4.78 is 1.97. The molecule has 0 aliphatic heterocycles. The number of rotatable bonds is 5. The molecule has 2 heterocycles. The van der Waals surface area contributed by atoms with Gasteiger partial charge in [0.05, 0.1) is 12.2 Å². The summed E-state index contributed by atoms with van der Waals surface area (Å²) >= 11 is 0. The average Bonchev–Trinajstić information content (AvgIpc) is 3.17. The van der Waals surface area contributed by atoms with Gasteiger partial charge >= 0.3 is 0 Å². The molecule has 0 spiro atoms. The van der Waals surface area contributed by atoms with Gasteiger partial charge in [-0.2, -0.15) is 5.10 Å². The molecule has 0 aromatic carbocycles. The quantitative estimate of drug-likeness (QED) is 0.921. The molecule has 0 saturated heterocycles. The lowest BCUT2D eigenvalue weighted by atomic mass is 10.1. The van der Waals surface area contributed by atoms with Gasteiger partial charge < -0.3 is 5.32 Å². The molecule has 2 aromatic heterocycles. The van der Waals surface area contributed by atoms with Crippen LogP contribution in [0.4, 0.5) is 5.82 Å². The highest BCUT2D eigenvalue weighted by Crippen LogP contribution is 2.31. The minimum Gasteiger partial charge on any atom is -0.311 e. The molecule has 1 aliphatic carbocycles. The summed E-state index contributed by atoms with van der Waals surface area (Å²) in [6.07, 6.45) is 9.57. The van der Waals surface area contributed by atoms with Gasteiger partial charge in [-0.25, -0.2) is 4.68 Å². The number of nitrogens with one attached hydrogen (secondary N) is 1. The zero-order valence-electron chi connectivity index (χ0n) is 13.0. The van der Waals surface area contributed by atoms with E-state index < -0.39 is 0 Å². The van der Waals surface area contributed by atoms with Gasteiger partial charge in [-0.1, -0.05) is 18.9 Å². The summed E-state index contributed by atoms with van der Waals surface area (Å²) in [5, 5.41) is 7.36. The summed E-state index contributed by atoms with van der Waals surface area (Å²) in [5.74, 6) is 0.847. The van der Waals surface area contributed by atoms with Crippen molar-refractivity contribution >= 4 is 11.7 Å². The van der Waals surface area contributed by atoms with E-state index in [2.05, 4.69) is 15.4 Å². The lowest BCUT2D eigenvalue weighted by Crippen LogP contribution is -2.18. The first-order valence-corrected chi connectivity index (χ1v) is 7.97. The third kappa shape index (κ3) is 3.53. The molecular formula is C17H22N4O. The highest BCUT2D eigenvalue weighted by molar-refractivity contribution is 5.89. The highest BCUT2D eigenvalue weighted by Gasteiger charge is 2.20. The van der Waals surface area contributed by atoms with Crippen LogP contribution in [0.3, 0.4) is 0 Å². The number of carbonyl (C=O) groups excluding carboxylic acids is 1. The number of hydrogen-bond acceptors (Lipinski definition) is 3. The summed E-state index contributed by atoms with van der Waals surface area (Å²) in [7, 11) is 0. The van der Waals surface area contributed by atoms with Crippen LogP contribution in [0, 0.1) is 6.92 Å². The van der Waals surface area contributed by atoms with Gasteiger partial charge in [0.2, 0.25) is 5.91 Å². The predicted molar refractivity (Wildman–Crippen MR) is 85.7 cm³/mol. The van der Waals surface area contributed by atoms with Crippen molar-refractivity contribution < 1.29 is 4.79 Å². The van der Waals surface area contributed by atoms with Crippen LogP contribution < -0.4 is 5.32 Å². The molecule has 1 fully saturated rings. The topological polar surface area (TPSA) is 59.8 Å². The lowest BCUT2D eigenvalue weighted by Gasteiger charge is -2.14. The maximum absolute atomic E-state index is 12.1. The minimum atomic E-state index is 0.0281. The Morgan fingerprint density at radius 2 is 2.14 bits per heavy atom. The van der Waals surface area contributed by atoms with Crippen LogP contribution in [0.15, 0.2) is 30.6 Å². The van der Waals surface area contributed by atoms with E-state index >= 15 is 0 Å². The second-order valence-electron chi connectivity index (χ2n) is 5.96. The fourth-order valence-electron chi connectivity index (χ4n) is 2.96. The molecular weight excluding hydrogens is 276 g/mol. The summed E-state index contributed by atoms with van der Waals surface area (Å²) in [4.78, 5) is 16.4. The number of aromatic nitrogens is 3. The predicted octanol–water partition coefficient (Wildman–Crippen LogP) is 3.27. The Hall–Kier alpha value is -2.17. The van der Waals surface area contributed by atoms with Crippen LogP contribution in [0.5, 0.6) is 0 Å². The monoisotopic (exact) mass is 298 g/mol.